The lowest BCUT2D eigenvalue weighted by atomic mass is 9.80. The summed E-state index contributed by atoms with van der Waals surface area (Å²) in [6, 6.07) is 5.81. The van der Waals surface area contributed by atoms with Crippen molar-refractivity contribution < 1.29 is 14.0 Å². The van der Waals surface area contributed by atoms with Crippen molar-refractivity contribution in [3.63, 3.8) is 0 Å². The van der Waals surface area contributed by atoms with E-state index < -0.39 is 5.82 Å². The fraction of sp³-hybridized carbons (Fsp3) is 0.529. The van der Waals surface area contributed by atoms with E-state index in [2.05, 4.69) is 0 Å². The Labute approximate surface area is 129 Å². The third-order valence-electron chi connectivity index (χ3n) is 5.03. The molecule has 1 atom stereocenters. The Balaban J connectivity index is 1.81. The van der Waals surface area contributed by atoms with Gasteiger partial charge in [-0.2, -0.15) is 0 Å². The number of piperidine rings is 2. The number of amides is 2. The summed E-state index contributed by atoms with van der Waals surface area (Å²) in [5, 5.41) is 0. The lowest BCUT2D eigenvalue weighted by molar-refractivity contribution is -0.142. The van der Waals surface area contributed by atoms with Crippen LogP contribution in [0.4, 0.5) is 4.39 Å². The molecular formula is C17H21FN2O2. The van der Waals surface area contributed by atoms with Crippen LogP contribution in [0.3, 0.4) is 0 Å². The number of hydrogen-bond donors (Lipinski definition) is 0. The van der Waals surface area contributed by atoms with Crippen molar-refractivity contribution in [3.8, 4) is 0 Å². The second-order valence-corrected chi connectivity index (χ2v) is 6.37. The highest BCUT2D eigenvalue weighted by atomic mass is 19.1. The summed E-state index contributed by atoms with van der Waals surface area (Å²) in [7, 11) is 1.84. The molecule has 2 fully saturated rings. The highest BCUT2D eigenvalue weighted by Crippen LogP contribution is 2.36. The molecule has 2 amide bonds. The van der Waals surface area contributed by atoms with Gasteiger partial charge in [-0.1, -0.05) is 6.07 Å². The van der Waals surface area contributed by atoms with E-state index in [0.29, 0.717) is 25.1 Å². The van der Waals surface area contributed by atoms with Gasteiger partial charge >= 0.3 is 0 Å². The Morgan fingerprint density at radius 3 is 2.82 bits per heavy atom. The van der Waals surface area contributed by atoms with Crippen molar-refractivity contribution in [2.24, 2.45) is 0 Å². The van der Waals surface area contributed by atoms with Gasteiger partial charge < -0.3 is 9.80 Å². The summed E-state index contributed by atoms with van der Waals surface area (Å²) in [6.07, 6.45) is 4.21. The average molecular weight is 304 g/mol. The molecule has 3 rings (SSSR count). The minimum atomic E-state index is -0.400. The molecule has 118 valence electrons. The highest BCUT2D eigenvalue weighted by molar-refractivity contribution is 5.94. The van der Waals surface area contributed by atoms with E-state index in [9.17, 15) is 14.0 Å². The largest absolute Gasteiger partial charge is 0.338 e. The zero-order chi connectivity index (χ0) is 15.7. The minimum Gasteiger partial charge on any atom is -0.338 e. The number of benzene rings is 1. The van der Waals surface area contributed by atoms with Gasteiger partial charge in [0.15, 0.2) is 0 Å². The molecule has 0 radical (unpaired) electrons. The van der Waals surface area contributed by atoms with Crippen molar-refractivity contribution in [2.75, 3.05) is 20.1 Å². The van der Waals surface area contributed by atoms with Crippen LogP contribution in [0.15, 0.2) is 24.3 Å². The highest BCUT2D eigenvalue weighted by Gasteiger charge is 2.44. The number of halogens is 1. The van der Waals surface area contributed by atoms with E-state index in [1.165, 1.54) is 12.1 Å². The molecule has 2 aliphatic heterocycles. The quantitative estimate of drug-likeness (QED) is 0.799. The van der Waals surface area contributed by atoms with Gasteiger partial charge in [-0.15, -0.1) is 0 Å². The van der Waals surface area contributed by atoms with Gasteiger partial charge in [0, 0.05) is 32.1 Å². The van der Waals surface area contributed by atoms with Crippen molar-refractivity contribution in [3.05, 3.63) is 35.6 Å². The first-order valence-electron chi connectivity index (χ1n) is 7.83. The van der Waals surface area contributed by atoms with Gasteiger partial charge in [0.25, 0.3) is 5.91 Å². The van der Waals surface area contributed by atoms with E-state index in [-0.39, 0.29) is 17.4 Å². The van der Waals surface area contributed by atoms with Crippen molar-refractivity contribution in [2.45, 2.75) is 37.6 Å². The molecule has 1 aromatic rings. The zero-order valence-corrected chi connectivity index (χ0v) is 12.8. The second-order valence-electron chi connectivity index (χ2n) is 6.37. The summed E-state index contributed by atoms with van der Waals surface area (Å²) in [5.74, 6) is -0.390. The van der Waals surface area contributed by atoms with Gasteiger partial charge in [0.1, 0.15) is 5.82 Å². The fourth-order valence-electron chi connectivity index (χ4n) is 3.74. The van der Waals surface area contributed by atoms with Crippen LogP contribution in [-0.2, 0) is 4.79 Å². The standard InChI is InChI=1S/C17H21FN2O2/c1-19-15(21)7-3-8-17(19)9-4-10-20(12-17)16(22)13-5-2-6-14(18)11-13/h2,5-6,11H,3-4,7-10,12H2,1H3. The van der Waals surface area contributed by atoms with Gasteiger partial charge in [-0.25, -0.2) is 4.39 Å². The lowest BCUT2D eigenvalue weighted by Gasteiger charge is -2.50. The van der Waals surface area contributed by atoms with Crippen LogP contribution in [-0.4, -0.2) is 47.3 Å². The summed E-state index contributed by atoms with van der Waals surface area (Å²) in [5.41, 5.74) is 0.137. The van der Waals surface area contributed by atoms with Gasteiger partial charge in [0.2, 0.25) is 5.91 Å². The van der Waals surface area contributed by atoms with E-state index in [4.69, 9.17) is 0 Å². The van der Waals surface area contributed by atoms with Crippen LogP contribution in [0.1, 0.15) is 42.5 Å². The van der Waals surface area contributed by atoms with Gasteiger partial charge in [-0.3, -0.25) is 9.59 Å². The third-order valence-corrected chi connectivity index (χ3v) is 5.03. The van der Waals surface area contributed by atoms with Crippen LogP contribution < -0.4 is 0 Å². The first-order chi connectivity index (χ1) is 10.5. The molecular weight excluding hydrogens is 283 g/mol. The molecule has 2 saturated heterocycles. The number of carbonyl (C=O) groups excluding carboxylic acids is 2. The third kappa shape index (κ3) is 2.60. The minimum absolute atomic E-state index is 0.148. The first-order valence-corrected chi connectivity index (χ1v) is 7.83. The Morgan fingerprint density at radius 2 is 2.05 bits per heavy atom. The topological polar surface area (TPSA) is 40.6 Å². The van der Waals surface area contributed by atoms with E-state index in [1.807, 2.05) is 11.9 Å². The smallest absolute Gasteiger partial charge is 0.254 e. The van der Waals surface area contributed by atoms with E-state index >= 15 is 0 Å². The van der Waals surface area contributed by atoms with Crippen molar-refractivity contribution >= 4 is 11.8 Å². The molecule has 0 aliphatic carbocycles. The average Bonchev–Trinajstić information content (AvgIpc) is 2.52. The molecule has 0 N–H and O–H groups in total. The zero-order valence-electron chi connectivity index (χ0n) is 12.8. The Bertz CT molecular complexity index is 600. The predicted octanol–water partition coefficient (Wildman–Crippen LogP) is 2.44. The maximum Gasteiger partial charge on any atom is 0.254 e. The fourth-order valence-corrected chi connectivity index (χ4v) is 3.74. The lowest BCUT2D eigenvalue weighted by Crippen LogP contribution is -2.61. The summed E-state index contributed by atoms with van der Waals surface area (Å²) in [4.78, 5) is 28.3. The Morgan fingerprint density at radius 1 is 1.27 bits per heavy atom. The molecule has 4 nitrogen and oxygen atoms in total. The predicted molar refractivity (Wildman–Crippen MR) is 80.9 cm³/mol. The summed E-state index contributed by atoms with van der Waals surface area (Å²) >= 11 is 0. The van der Waals surface area contributed by atoms with E-state index in [0.717, 1.165) is 25.7 Å². The van der Waals surface area contributed by atoms with Gasteiger partial charge in [0.05, 0.1) is 5.54 Å². The normalized spacial score (nSPS) is 25.6. The molecule has 1 aromatic carbocycles. The molecule has 2 aliphatic rings. The SMILES string of the molecule is CN1C(=O)CCCC12CCCN(C(=O)c1cccc(F)c1)C2. The number of rotatable bonds is 1. The molecule has 22 heavy (non-hydrogen) atoms. The number of likely N-dealkylation sites (tertiary alicyclic amines) is 2. The molecule has 0 saturated carbocycles. The van der Waals surface area contributed by atoms with Crippen LogP contribution in [0.25, 0.3) is 0 Å². The number of carbonyl (C=O) groups is 2. The Kier molecular flexibility index (Phi) is 3.89. The van der Waals surface area contributed by atoms with Gasteiger partial charge in [-0.05, 0) is 43.9 Å². The summed E-state index contributed by atoms with van der Waals surface area (Å²) in [6.45, 7) is 1.21. The van der Waals surface area contributed by atoms with Crippen LogP contribution in [0.5, 0.6) is 0 Å². The molecule has 5 heteroatoms. The Hall–Kier alpha value is -1.91. The van der Waals surface area contributed by atoms with Crippen LogP contribution >= 0.6 is 0 Å². The number of nitrogens with zero attached hydrogens (tertiary/aromatic N) is 2. The second kappa shape index (κ2) is 5.71. The maximum atomic E-state index is 13.3. The van der Waals surface area contributed by atoms with E-state index in [1.54, 1.807) is 17.0 Å². The number of hydrogen-bond acceptors (Lipinski definition) is 2. The first kappa shape index (κ1) is 15.0. The molecule has 1 unspecified atom stereocenters. The van der Waals surface area contributed by atoms with Crippen molar-refractivity contribution in [1.29, 1.82) is 0 Å². The number of likely N-dealkylation sites (N-methyl/N-ethyl adjacent to an activating group) is 1. The molecule has 0 bridgehead atoms. The van der Waals surface area contributed by atoms with Crippen LogP contribution in [0.2, 0.25) is 0 Å². The summed E-state index contributed by atoms with van der Waals surface area (Å²) < 4.78 is 13.3. The molecule has 0 aromatic heterocycles. The van der Waals surface area contributed by atoms with Crippen molar-refractivity contribution in [1.82, 2.24) is 9.80 Å². The van der Waals surface area contributed by atoms with Crippen LogP contribution in [0, 0.1) is 5.82 Å². The molecule has 1 spiro atoms. The molecule has 2 heterocycles. The monoisotopic (exact) mass is 304 g/mol. The maximum absolute atomic E-state index is 13.3.